The molecule has 14 heteroatoms. The first kappa shape index (κ1) is 22.4. The first-order valence-electron chi connectivity index (χ1n) is 9.10. The van der Waals surface area contributed by atoms with Crippen LogP contribution in [0.2, 0.25) is 0 Å². The average molecular weight is 512 g/mol. The summed E-state index contributed by atoms with van der Waals surface area (Å²) in [5.41, 5.74) is 3.45. The number of sulfonamides is 2. The molecule has 0 radical (unpaired) electrons. The van der Waals surface area contributed by atoms with Crippen molar-refractivity contribution in [2.24, 2.45) is 0 Å². The Morgan fingerprint density at radius 1 is 1.03 bits per heavy atom. The molecule has 0 aliphatic heterocycles. The number of ether oxygens (including phenoxy) is 1. The SMILES string of the molecule is CCOc1ccc2nc(S(=O)(=O)NNc3ccc(S(=O)(=O)Nc4nccs4)cc3)sc2c1. The Hall–Kier alpha value is -2.78. The number of thiazole rings is 2. The van der Waals surface area contributed by atoms with Crippen LogP contribution in [0.15, 0.2) is 63.3 Å². The molecule has 0 atom stereocenters. The minimum absolute atomic E-state index is 0.0115. The van der Waals surface area contributed by atoms with Crippen LogP contribution in [0.1, 0.15) is 6.92 Å². The standard InChI is InChI=1S/C18H17N5O5S4/c1-2-28-13-5-8-15-16(11-13)30-18(20-15)32(26,27)23-21-12-3-6-14(7-4-12)31(24,25)22-17-19-9-10-29-17/h3-11,21,23H,2H2,1H3,(H,19,22). The predicted molar refractivity (Wildman–Crippen MR) is 124 cm³/mol. The van der Waals surface area contributed by atoms with Gasteiger partial charge in [-0.25, -0.2) is 26.8 Å². The number of aromatic nitrogens is 2. The smallest absolute Gasteiger partial charge is 0.284 e. The second kappa shape index (κ2) is 8.99. The molecule has 2 aromatic carbocycles. The van der Waals surface area contributed by atoms with E-state index >= 15 is 0 Å². The molecule has 3 N–H and O–H groups in total. The van der Waals surface area contributed by atoms with Gasteiger partial charge in [0.15, 0.2) is 5.13 Å². The van der Waals surface area contributed by atoms with Gasteiger partial charge in [0.25, 0.3) is 20.0 Å². The maximum absolute atomic E-state index is 12.6. The van der Waals surface area contributed by atoms with E-state index in [4.69, 9.17) is 4.74 Å². The molecule has 0 aliphatic carbocycles. The van der Waals surface area contributed by atoms with Crippen molar-refractivity contribution < 1.29 is 21.6 Å². The zero-order valence-electron chi connectivity index (χ0n) is 16.5. The van der Waals surface area contributed by atoms with Crippen LogP contribution in [0.25, 0.3) is 10.2 Å². The third-order valence-electron chi connectivity index (χ3n) is 4.03. The van der Waals surface area contributed by atoms with Gasteiger partial charge in [0.1, 0.15) is 5.75 Å². The number of anilines is 2. The molecule has 0 saturated heterocycles. The van der Waals surface area contributed by atoms with Crippen LogP contribution in [0, 0.1) is 0 Å². The maximum atomic E-state index is 12.6. The Bertz CT molecular complexity index is 1430. The summed E-state index contributed by atoms with van der Waals surface area (Å²) in [5, 5.41) is 1.91. The van der Waals surface area contributed by atoms with Crippen molar-refractivity contribution in [2.45, 2.75) is 16.2 Å². The molecule has 0 amide bonds. The van der Waals surface area contributed by atoms with Crippen molar-refractivity contribution in [3.63, 3.8) is 0 Å². The molecule has 32 heavy (non-hydrogen) atoms. The number of hydrogen-bond donors (Lipinski definition) is 3. The van der Waals surface area contributed by atoms with E-state index in [9.17, 15) is 16.8 Å². The maximum Gasteiger partial charge on any atom is 0.284 e. The zero-order valence-corrected chi connectivity index (χ0v) is 19.7. The van der Waals surface area contributed by atoms with Gasteiger partial charge in [0.2, 0.25) is 4.34 Å². The van der Waals surface area contributed by atoms with Gasteiger partial charge in [-0.15, -0.1) is 27.5 Å². The summed E-state index contributed by atoms with van der Waals surface area (Å²) in [6, 6.07) is 10.7. The Balaban J connectivity index is 1.45. The van der Waals surface area contributed by atoms with Gasteiger partial charge >= 0.3 is 0 Å². The third kappa shape index (κ3) is 4.99. The van der Waals surface area contributed by atoms with Gasteiger partial charge in [-0.1, -0.05) is 0 Å². The van der Waals surface area contributed by atoms with Crippen molar-refractivity contribution in [1.82, 2.24) is 14.8 Å². The van der Waals surface area contributed by atoms with Crippen molar-refractivity contribution in [3.05, 3.63) is 54.0 Å². The van der Waals surface area contributed by atoms with Crippen molar-refractivity contribution >= 4 is 63.8 Å². The molecule has 0 spiro atoms. The fraction of sp³-hybridized carbons (Fsp3) is 0.111. The van der Waals surface area contributed by atoms with Crippen molar-refractivity contribution in [1.29, 1.82) is 0 Å². The first-order chi connectivity index (χ1) is 15.3. The first-order valence-corrected chi connectivity index (χ1v) is 13.8. The topological polar surface area (TPSA) is 139 Å². The van der Waals surface area contributed by atoms with Gasteiger partial charge in [-0.3, -0.25) is 4.72 Å². The molecule has 4 rings (SSSR count). The minimum Gasteiger partial charge on any atom is -0.494 e. The summed E-state index contributed by atoms with van der Waals surface area (Å²) in [7, 11) is -7.75. The van der Waals surface area contributed by atoms with E-state index in [1.165, 1.54) is 30.5 Å². The highest BCUT2D eigenvalue weighted by atomic mass is 32.2. The van der Waals surface area contributed by atoms with Crippen LogP contribution >= 0.6 is 22.7 Å². The van der Waals surface area contributed by atoms with Gasteiger partial charge in [0.05, 0.1) is 21.7 Å². The highest BCUT2D eigenvalue weighted by Crippen LogP contribution is 2.29. The molecule has 10 nitrogen and oxygen atoms in total. The average Bonchev–Trinajstić information content (AvgIpc) is 3.42. The number of hydrogen-bond acceptors (Lipinski definition) is 10. The van der Waals surface area contributed by atoms with Crippen LogP contribution in [-0.2, 0) is 20.0 Å². The van der Waals surface area contributed by atoms with Gasteiger partial charge in [-0.05, 0) is 49.4 Å². The second-order valence-electron chi connectivity index (χ2n) is 6.24. The largest absolute Gasteiger partial charge is 0.494 e. The molecular formula is C18H17N5O5S4. The molecule has 2 heterocycles. The zero-order chi connectivity index (χ0) is 22.8. The van der Waals surface area contributed by atoms with Gasteiger partial charge < -0.3 is 10.2 Å². The predicted octanol–water partition coefficient (Wildman–Crippen LogP) is 3.26. The lowest BCUT2D eigenvalue weighted by Crippen LogP contribution is -2.29. The van der Waals surface area contributed by atoms with Crippen LogP contribution in [0.5, 0.6) is 5.75 Å². The molecule has 4 aromatic rings. The second-order valence-corrected chi connectivity index (χ2v) is 11.7. The van der Waals surface area contributed by atoms with Gasteiger partial charge in [0, 0.05) is 17.3 Å². The Morgan fingerprint density at radius 3 is 2.50 bits per heavy atom. The van der Waals surface area contributed by atoms with E-state index in [-0.39, 0.29) is 14.4 Å². The van der Waals surface area contributed by atoms with Crippen LogP contribution in [0.4, 0.5) is 10.8 Å². The lowest BCUT2D eigenvalue weighted by molar-refractivity contribution is 0.341. The summed E-state index contributed by atoms with van der Waals surface area (Å²) >= 11 is 2.17. The fourth-order valence-corrected chi connectivity index (χ4v) is 6.50. The highest BCUT2D eigenvalue weighted by Gasteiger charge is 2.20. The van der Waals surface area contributed by atoms with Gasteiger partial charge in [-0.2, -0.15) is 0 Å². The summed E-state index contributed by atoms with van der Waals surface area (Å²) in [6.07, 6.45) is 1.49. The summed E-state index contributed by atoms with van der Waals surface area (Å²) in [5.74, 6) is 0.637. The number of benzene rings is 2. The summed E-state index contributed by atoms with van der Waals surface area (Å²) in [4.78, 5) is 10.3. The van der Waals surface area contributed by atoms with E-state index in [0.717, 1.165) is 22.7 Å². The number of hydrazine groups is 1. The molecule has 0 saturated carbocycles. The van der Waals surface area contributed by atoms with E-state index in [1.54, 1.807) is 23.6 Å². The molecular weight excluding hydrogens is 494 g/mol. The molecule has 0 unspecified atom stereocenters. The molecule has 168 valence electrons. The van der Waals surface area contributed by atoms with E-state index in [2.05, 4.69) is 24.9 Å². The fourth-order valence-electron chi connectivity index (χ4n) is 2.59. The highest BCUT2D eigenvalue weighted by molar-refractivity contribution is 7.93. The van der Waals surface area contributed by atoms with E-state index < -0.39 is 20.0 Å². The number of fused-ring (bicyclic) bond motifs is 1. The van der Waals surface area contributed by atoms with Crippen LogP contribution in [-0.4, -0.2) is 33.4 Å². The Labute approximate surface area is 192 Å². The quantitative estimate of drug-likeness (QED) is 0.291. The van der Waals surface area contributed by atoms with Crippen molar-refractivity contribution in [3.8, 4) is 5.75 Å². The monoisotopic (exact) mass is 511 g/mol. The molecule has 2 aromatic heterocycles. The summed E-state index contributed by atoms with van der Waals surface area (Å²) in [6.45, 7) is 2.36. The summed E-state index contributed by atoms with van der Waals surface area (Å²) < 4.78 is 58.3. The number of rotatable bonds is 9. The third-order valence-corrected chi connectivity index (χ3v) is 8.85. The normalized spacial score (nSPS) is 12.0. The minimum atomic E-state index is -3.95. The number of nitrogens with one attached hydrogen (secondary N) is 3. The molecule has 0 bridgehead atoms. The van der Waals surface area contributed by atoms with Crippen LogP contribution in [0.3, 0.4) is 0 Å². The lowest BCUT2D eigenvalue weighted by atomic mass is 10.3. The Morgan fingerprint density at radius 2 is 1.81 bits per heavy atom. The number of nitrogens with zero attached hydrogens (tertiary/aromatic N) is 2. The van der Waals surface area contributed by atoms with E-state index in [0.29, 0.717) is 28.3 Å². The Kier molecular flexibility index (Phi) is 6.30. The van der Waals surface area contributed by atoms with Crippen molar-refractivity contribution in [2.75, 3.05) is 16.8 Å². The molecule has 0 aliphatic rings. The van der Waals surface area contributed by atoms with E-state index in [1.807, 2.05) is 6.92 Å². The van der Waals surface area contributed by atoms with Crippen LogP contribution < -0.4 is 19.7 Å². The lowest BCUT2D eigenvalue weighted by Gasteiger charge is -2.09. The molecule has 0 fully saturated rings.